The number of benzene rings is 1. The summed E-state index contributed by atoms with van der Waals surface area (Å²) in [4.78, 5) is 0. The molecule has 0 saturated heterocycles. The van der Waals surface area contributed by atoms with E-state index in [1.54, 1.807) is 18.2 Å². The lowest BCUT2D eigenvalue weighted by molar-refractivity contribution is 0.601. The van der Waals surface area contributed by atoms with E-state index in [4.69, 9.17) is 11.6 Å². The predicted octanol–water partition coefficient (Wildman–Crippen LogP) is 2.65. The van der Waals surface area contributed by atoms with Crippen LogP contribution >= 0.6 is 27.5 Å². The molecular weight excluding hydrogens is 276 g/mol. The summed E-state index contributed by atoms with van der Waals surface area (Å²) in [5.74, 6) is 0.0200. The van der Waals surface area contributed by atoms with Gasteiger partial charge in [-0.05, 0) is 23.8 Å². The molecule has 72 valence electrons. The van der Waals surface area contributed by atoms with Gasteiger partial charge in [0, 0.05) is 15.8 Å². The van der Waals surface area contributed by atoms with Crippen molar-refractivity contribution in [2.45, 2.75) is 5.75 Å². The zero-order valence-corrected chi connectivity index (χ0v) is 10.1. The second-order valence-corrected chi connectivity index (χ2v) is 6.34. The van der Waals surface area contributed by atoms with E-state index in [1.807, 2.05) is 0 Å². The molecule has 2 nitrogen and oxygen atoms in total. The lowest BCUT2D eigenvalue weighted by atomic mass is 10.2. The van der Waals surface area contributed by atoms with Crippen molar-refractivity contribution in [3.63, 3.8) is 0 Å². The second-order valence-electron chi connectivity index (χ2n) is 2.85. The quantitative estimate of drug-likeness (QED) is 0.836. The van der Waals surface area contributed by atoms with Crippen LogP contribution in [0, 0.1) is 0 Å². The maximum atomic E-state index is 11.0. The molecular formula is C8H8BrClO2S. The Morgan fingerprint density at radius 3 is 2.46 bits per heavy atom. The Morgan fingerprint density at radius 2 is 2.00 bits per heavy atom. The van der Waals surface area contributed by atoms with Crippen LogP contribution < -0.4 is 0 Å². The van der Waals surface area contributed by atoms with Gasteiger partial charge < -0.3 is 0 Å². The maximum Gasteiger partial charge on any atom is 0.151 e. The van der Waals surface area contributed by atoms with Gasteiger partial charge in [0.25, 0.3) is 0 Å². The van der Waals surface area contributed by atoms with Gasteiger partial charge in [0.15, 0.2) is 9.84 Å². The molecule has 0 aromatic heterocycles. The highest BCUT2D eigenvalue weighted by atomic mass is 79.9. The molecule has 0 aliphatic carbocycles. The molecule has 0 bridgehead atoms. The number of halogens is 2. The predicted molar refractivity (Wildman–Crippen MR) is 57.7 cm³/mol. The van der Waals surface area contributed by atoms with E-state index in [9.17, 15) is 8.42 Å². The van der Waals surface area contributed by atoms with Gasteiger partial charge in [0.1, 0.15) is 0 Å². The molecule has 0 heterocycles. The minimum Gasteiger partial charge on any atom is -0.229 e. The highest BCUT2D eigenvalue weighted by molar-refractivity contribution is 9.10. The van der Waals surface area contributed by atoms with Crippen LogP contribution in [0.1, 0.15) is 5.56 Å². The normalized spacial score (nSPS) is 11.6. The zero-order chi connectivity index (χ0) is 10.1. The van der Waals surface area contributed by atoms with Gasteiger partial charge in [0.2, 0.25) is 0 Å². The lowest BCUT2D eigenvalue weighted by Crippen LogP contribution is -2.00. The molecule has 1 aromatic carbocycles. The second kappa shape index (κ2) is 3.98. The summed E-state index contributed by atoms with van der Waals surface area (Å²) in [5.41, 5.74) is 0.696. The Kier molecular flexibility index (Phi) is 3.38. The van der Waals surface area contributed by atoms with E-state index in [0.29, 0.717) is 10.6 Å². The van der Waals surface area contributed by atoms with E-state index in [0.717, 1.165) is 4.47 Å². The standard InChI is InChI=1S/C8H8BrClO2S/c1-13(11,12)5-6-2-7(9)4-8(10)3-6/h2-4H,5H2,1H3. The third-order valence-electron chi connectivity index (χ3n) is 1.35. The van der Waals surface area contributed by atoms with Crippen molar-refractivity contribution in [1.29, 1.82) is 0 Å². The molecule has 0 saturated carbocycles. The molecule has 0 radical (unpaired) electrons. The fraction of sp³-hybridized carbons (Fsp3) is 0.250. The van der Waals surface area contributed by atoms with Gasteiger partial charge in [-0.2, -0.15) is 0 Å². The van der Waals surface area contributed by atoms with Crippen LogP contribution in [0.4, 0.5) is 0 Å². The Balaban J connectivity index is 3.03. The Morgan fingerprint density at radius 1 is 1.38 bits per heavy atom. The van der Waals surface area contributed by atoms with Gasteiger partial charge in [0.05, 0.1) is 5.75 Å². The molecule has 0 aliphatic heterocycles. The van der Waals surface area contributed by atoms with E-state index in [2.05, 4.69) is 15.9 Å². The number of sulfone groups is 1. The fourth-order valence-electron chi connectivity index (χ4n) is 0.997. The first-order valence-corrected chi connectivity index (χ1v) is 6.73. The average molecular weight is 284 g/mol. The summed E-state index contributed by atoms with van der Waals surface area (Å²) < 4.78 is 22.7. The SMILES string of the molecule is CS(=O)(=O)Cc1cc(Cl)cc(Br)c1. The Bertz CT molecular complexity index is 394. The molecule has 0 fully saturated rings. The first kappa shape index (κ1) is 11.0. The molecule has 0 unspecified atom stereocenters. The van der Waals surface area contributed by atoms with Crippen molar-refractivity contribution in [2.24, 2.45) is 0 Å². The summed E-state index contributed by atoms with van der Waals surface area (Å²) in [7, 11) is -2.99. The van der Waals surface area contributed by atoms with Crippen LogP contribution in [0.15, 0.2) is 22.7 Å². The molecule has 0 N–H and O–H groups in total. The zero-order valence-electron chi connectivity index (χ0n) is 6.92. The van der Waals surface area contributed by atoms with Gasteiger partial charge >= 0.3 is 0 Å². The fourth-order valence-corrected chi connectivity index (χ4v) is 2.70. The van der Waals surface area contributed by atoms with Crippen LogP contribution in [-0.4, -0.2) is 14.7 Å². The lowest BCUT2D eigenvalue weighted by Gasteiger charge is -2.01. The monoisotopic (exact) mass is 282 g/mol. The van der Waals surface area contributed by atoms with Crippen molar-refractivity contribution in [3.8, 4) is 0 Å². The number of hydrogen-bond donors (Lipinski definition) is 0. The molecule has 1 aromatic rings. The van der Waals surface area contributed by atoms with Gasteiger partial charge in [-0.3, -0.25) is 0 Å². The average Bonchev–Trinajstić information content (AvgIpc) is 1.78. The summed E-state index contributed by atoms with van der Waals surface area (Å²) in [6.07, 6.45) is 1.20. The van der Waals surface area contributed by atoms with E-state index in [-0.39, 0.29) is 5.75 Å². The molecule has 5 heteroatoms. The molecule has 1 rings (SSSR count). The van der Waals surface area contributed by atoms with Crippen LogP contribution in [0.2, 0.25) is 5.02 Å². The summed E-state index contributed by atoms with van der Waals surface area (Å²) in [5, 5.41) is 0.535. The maximum absolute atomic E-state index is 11.0. The summed E-state index contributed by atoms with van der Waals surface area (Å²) in [6.45, 7) is 0. The molecule has 0 spiro atoms. The highest BCUT2D eigenvalue weighted by Gasteiger charge is 2.05. The summed E-state index contributed by atoms with van der Waals surface area (Å²) >= 11 is 9.00. The van der Waals surface area contributed by atoms with Crippen LogP contribution in [0.25, 0.3) is 0 Å². The van der Waals surface area contributed by atoms with Crippen molar-refractivity contribution in [2.75, 3.05) is 6.26 Å². The molecule has 13 heavy (non-hydrogen) atoms. The first-order valence-electron chi connectivity index (χ1n) is 3.49. The van der Waals surface area contributed by atoms with Gasteiger partial charge in [-0.25, -0.2) is 8.42 Å². The number of hydrogen-bond acceptors (Lipinski definition) is 2. The smallest absolute Gasteiger partial charge is 0.151 e. The topological polar surface area (TPSA) is 34.1 Å². The van der Waals surface area contributed by atoms with Gasteiger partial charge in [-0.15, -0.1) is 0 Å². The molecule has 0 atom stereocenters. The number of rotatable bonds is 2. The minimum absolute atomic E-state index is 0.0200. The van der Waals surface area contributed by atoms with Crippen molar-refractivity contribution < 1.29 is 8.42 Å². The third-order valence-corrected chi connectivity index (χ3v) is 2.88. The van der Waals surface area contributed by atoms with Crippen LogP contribution in [-0.2, 0) is 15.6 Å². The minimum atomic E-state index is -2.99. The van der Waals surface area contributed by atoms with Crippen molar-refractivity contribution >= 4 is 37.4 Å². The summed E-state index contributed by atoms with van der Waals surface area (Å²) in [6, 6.07) is 5.10. The Hall–Kier alpha value is -0.0600. The van der Waals surface area contributed by atoms with Crippen LogP contribution in [0.5, 0.6) is 0 Å². The van der Waals surface area contributed by atoms with E-state index >= 15 is 0 Å². The third kappa shape index (κ3) is 4.11. The van der Waals surface area contributed by atoms with E-state index in [1.165, 1.54) is 6.26 Å². The first-order chi connectivity index (χ1) is 5.87. The molecule has 0 aliphatic rings. The van der Waals surface area contributed by atoms with Crippen molar-refractivity contribution in [1.82, 2.24) is 0 Å². The van der Waals surface area contributed by atoms with Crippen LogP contribution in [0.3, 0.4) is 0 Å². The van der Waals surface area contributed by atoms with Crippen molar-refractivity contribution in [3.05, 3.63) is 33.3 Å². The van der Waals surface area contributed by atoms with Gasteiger partial charge in [-0.1, -0.05) is 27.5 Å². The highest BCUT2D eigenvalue weighted by Crippen LogP contribution is 2.20. The largest absolute Gasteiger partial charge is 0.229 e. The molecule has 0 amide bonds. The Labute approximate surface area is 91.0 Å². The van der Waals surface area contributed by atoms with E-state index < -0.39 is 9.84 Å².